The first-order valence-corrected chi connectivity index (χ1v) is 8.66. The highest BCUT2D eigenvalue weighted by Gasteiger charge is 2.27. The molecule has 1 aromatic heterocycles. The second-order valence-corrected chi connectivity index (χ2v) is 6.41. The van der Waals surface area contributed by atoms with E-state index in [-0.39, 0.29) is 0 Å². The molecular formula is C18H26N4O. The van der Waals surface area contributed by atoms with Gasteiger partial charge in [0.1, 0.15) is 5.82 Å². The van der Waals surface area contributed by atoms with Crippen molar-refractivity contribution in [2.24, 2.45) is 5.73 Å². The minimum absolute atomic E-state index is 0.406. The quantitative estimate of drug-likeness (QED) is 0.890. The molecular weight excluding hydrogens is 288 g/mol. The normalized spacial score (nSPS) is 21.9. The number of nitrogens with one attached hydrogen (secondary N) is 1. The van der Waals surface area contributed by atoms with Gasteiger partial charge in [-0.2, -0.15) is 0 Å². The summed E-state index contributed by atoms with van der Waals surface area (Å²) in [6.07, 6.45) is 4.72. The maximum atomic E-state index is 11.6. The molecule has 1 aromatic carbocycles. The maximum absolute atomic E-state index is 11.6. The van der Waals surface area contributed by atoms with E-state index in [2.05, 4.69) is 23.7 Å². The first-order chi connectivity index (χ1) is 11.1. The monoisotopic (exact) mass is 314 g/mol. The number of hydrogen-bond donors (Lipinski definition) is 2. The minimum atomic E-state index is -0.406. The Labute approximate surface area is 137 Å². The van der Waals surface area contributed by atoms with Crippen LogP contribution in [0.3, 0.4) is 0 Å². The van der Waals surface area contributed by atoms with E-state index < -0.39 is 5.91 Å². The van der Waals surface area contributed by atoms with Crippen molar-refractivity contribution in [1.82, 2.24) is 14.9 Å². The fraction of sp³-hybridized carbons (Fsp3) is 0.556. The first kappa shape index (κ1) is 16.0. The van der Waals surface area contributed by atoms with Crippen LogP contribution in [-0.4, -0.2) is 39.9 Å². The van der Waals surface area contributed by atoms with Crippen molar-refractivity contribution in [3.8, 4) is 0 Å². The number of carbonyl (C=O) groups excluding carboxylic acids is 1. The van der Waals surface area contributed by atoms with Crippen LogP contribution in [0.5, 0.6) is 0 Å². The van der Waals surface area contributed by atoms with Crippen molar-refractivity contribution < 1.29 is 4.79 Å². The van der Waals surface area contributed by atoms with Gasteiger partial charge in [0.25, 0.3) is 5.91 Å². The van der Waals surface area contributed by atoms with E-state index >= 15 is 0 Å². The predicted octanol–water partition coefficient (Wildman–Crippen LogP) is 3.03. The number of hydrogen-bond acceptors (Lipinski definition) is 3. The first-order valence-electron chi connectivity index (χ1n) is 8.66. The van der Waals surface area contributed by atoms with E-state index in [1.165, 1.54) is 12.8 Å². The molecule has 0 bridgehead atoms. The van der Waals surface area contributed by atoms with Crippen LogP contribution in [0.25, 0.3) is 11.0 Å². The van der Waals surface area contributed by atoms with Gasteiger partial charge in [-0.05, 0) is 50.9 Å². The molecule has 0 spiro atoms. The second kappa shape index (κ2) is 6.71. The highest BCUT2D eigenvalue weighted by molar-refractivity contribution is 6.04. The van der Waals surface area contributed by atoms with Gasteiger partial charge in [0.05, 0.1) is 16.6 Å². The molecule has 3 rings (SSSR count). The Bertz CT molecular complexity index is 681. The van der Waals surface area contributed by atoms with Crippen LogP contribution in [0.2, 0.25) is 0 Å². The van der Waals surface area contributed by atoms with Crippen molar-refractivity contribution >= 4 is 16.9 Å². The van der Waals surface area contributed by atoms with Crippen molar-refractivity contribution in [3.05, 3.63) is 29.6 Å². The summed E-state index contributed by atoms with van der Waals surface area (Å²) in [4.78, 5) is 22.2. The van der Waals surface area contributed by atoms with Crippen LogP contribution in [0.4, 0.5) is 0 Å². The summed E-state index contributed by atoms with van der Waals surface area (Å²) >= 11 is 0. The molecule has 0 saturated heterocycles. The molecule has 1 fully saturated rings. The molecule has 1 aliphatic rings. The molecule has 1 aliphatic carbocycles. The molecule has 0 unspecified atom stereocenters. The molecule has 124 valence electrons. The van der Waals surface area contributed by atoms with Gasteiger partial charge in [0.15, 0.2) is 0 Å². The molecule has 23 heavy (non-hydrogen) atoms. The number of nitrogens with two attached hydrogens (primary N) is 1. The van der Waals surface area contributed by atoms with Gasteiger partial charge in [-0.3, -0.25) is 4.79 Å². The minimum Gasteiger partial charge on any atom is -0.366 e. The standard InChI is InChI=1S/C18H26N4O/c1-3-22(4-2)13-10-8-12(9-11-13)18-20-15-7-5-6-14(17(19)23)16(15)21-18/h5-7,12-13H,3-4,8-11H2,1-2H3,(H2,19,23)(H,20,21)/t12-,13+. The van der Waals surface area contributed by atoms with Crippen LogP contribution in [0.15, 0.2) is 18.2 Å². The van der Waals surface area contributed by atoms with Gasteiger partial charge in [-0.1, -0.05) is 19.9 Å². The van der Waals surface area contributed by atoms with E-state index in [4.69, 9.17) is 10.7 Å². The predicted molar refractivity (Wildman–Crippen MR) is 92.5 cm³/mol. The summed E-state index contributed by atoms with van der Waals surface area (Å²) < 4.78 is 0. The molecule has 5 nitrogen and oxygen atoms in total. The summed E-state index contributed by atoms with van der Waals surface area (Å²) in [5.74, 6) is 1.05. The number of H-pyrrole nitrogens is 1. The molecule has 5 heteroatoms. The Morgan fingerprint density at radius 2 is 1.96 bits per heavy atom. The lowest BCUT2D eigenvalue weighted by Crippen LogP contribution is -2.37. The lowest BCUT2D eigenvalue weighted by atomic mass is 9.85. The smallest absolute Gasteiger partial charge is 0.250 e. The Morgan fingerprint density at radius 3 is 2.57 bits per heavy atom. The second-order valence-electron chi connectivity index (χ2n) is 6.41. The summed E-state index contributed by atoms with van der Waals surface area (Å²) in [7, 11) is 0. The highest BCUT2D eigenvalue weighted by Crippen LogP contribution is 2.34. The maximum Gasteiger partial charge on any atom is 0.250 e. The third kappa shape index (κ3) is 3.11. The van der Waals surface area contributed by atoms with E-state index in [1.54, 1.807) is 6.07 Å². The lowest BCUT2D eigenvalue weighted by molar-refractivity contribution is 0.100. The Hall–Kier alpha value is -1.88. The molecule has 1 saturated carbocycles. The van der Waals surface area contributed by atoms with Crippen molar-refractivity contribution in [1.29, 1.82) is 0 Å². The number of para-hydroxylation sites is 1. The van der Waals surface area contributed by atoms with Gasteiger partial charge < -0.3 is 15.6 Å². The third-order valence-corrected chi connectivity index (χ3v) is 5.21. The van der Waals surface area contributed by atoms with Gasteiger partial charge in [-0.15, -0.1) is 0 Å². The number of nitrogens with zero attached hydrogens (tertiary/aromatic N) is 2. The average Bonchev–Trinajstić information content (AvgIpc) is 3.00. The molecule has 1 amide bonds. The van der Waals surface area contributed by atoms with E-state index in [0.717, 1.165) is 42.8 Å². The highest BCUT2D eigenvalue weighted by atomic mass is 16.1. The zero-order valence-electron chi connectivity index (χ0n) is 14.0. The fourth-order valence-electron chi connectivity index (χ4n) is 3.90. The average molecular weight is 314 g/mol. The summed E-state index contributed by atoms with van der Waals surface area (Å²) in [6.45, 7) is 6.72. The van der Waals surface area contributed by atoms with Crippen LogP contribution in [0.1, 0.15) is 61.6 Å². The van der Waals surface area contributed by atoms with Crippen molar-refractivity contribution in [3.63, 3.8) is 0 Å². The number of carbonyl (C=O) groups is 1. The largest absolute Gasteiger partial charge is 0.366 e. The number of primary amides is 1. The molecule has 0 atom stereocenters. The number of aromatic amines is 1. The van der Waals surface area contributed by atoms with Crippen LogP contribution >= 0.6 is 0 Å². The molecule has 3 N–H and O–H groups in total. The van der Waals surface area contributed by atoms with Crippen LogP contribution in [0, 0.1) is 0 Å². The van der Waals surface area contributed by atoms with Gasteiger partial charge in [0, 0.05) is 12.0 Å². The van der Waals surface area contributed by atoms with E-state index in [1.807, 2.05) is 12.1 Å². The number of aromatic nitrogens is 2. The van der Waals surface area contributed by atoms with Crippen molar-refractivity contribution in [2.45, 2.75) is 51.5 Å². The topological polar surface area (TPSA) is 75.0 Å². The Kier molecular flexibility index (Phi) is 4.66. The molecule has 1 heterocycles. The van der Waals surface area contributed by atoms with Crippen LogP contribution in [-0.2, 0) is 0 Å². The van der Waals surface area contributed by atoms with Gasteiger partial charge in [-0.25, -0.2) is 4.98 Å². The van der Waals surface area contributed by atoms with Crippen molar-refractivity contribution in [2.75, 3.05) is 13.1 Å². The molecule has 2 aromatic rings. The fourth-order valence-corrected chi connectivity index (χ4v) is 3.90. The van der Waals surface area contributed by atoms with Crippen LogP contribution < -0.4 is 5.73 Å². The Balaban J connectivity index is 1.77. The number of fused-ring (bicyclic) bond motifs is 1. The lowest BCUT2D eigenvalue weighted by Gasteiger charge is -2.35. The molecule has 0 aliphatic heterocycles. The zero-order valence-corrected chi connectivity index (χ0v) is 14.0. The third-order valence-electron chi connectivity index (χ3n) is 5.21. The number of benzene rings is 1. The van der Waals surface area contributed by atoms with E-state index in [0.29, 0.717) is 17.5 Å². The summed E-state index contributed by atoms with van der Waals surface area (Å²) in [5, 5.41) is 0. The summed E-state index contributed by atoms with van der Waals surface area (Å²) in [6, 6.07) is 6.23. The Morgan fingerprint density at radius 1 is 1.26 bits per heavy atom. The number of rotatable bonds is 5. The zero-order chi connectivity index (χ0) is 16.4. The SMILES string of the molecule is CCN(CC)[C@H]1CC[C@@H](c2nc3cccc(C(N)=O)c3[nH]2)CC1. The van der Waals surface area contributed by atoms with Gasteiger partial charge in [0.2, 0.25) is 0 Å². The summed E-state index contributed by atoms with van der Waals surface area (Å²) in [5.41, 5.74) is 7.60. The van der Waals surface area contributed by atoms with E-state index in [9.17, 15) is 4.79 Å². The van der Waals surface area contributed by atoms with Gasteiger partial charge >= 0.3 is 0 Å². The number of amides is 1. The molecule has 0 radical (unpaired) electrons. The number of imidazole rings is 1.